The number of hydrogen-bond acceptors (Lipinski definition) is 4. The molecule has 3 rings (SSSR count). The third-order valence-corrected chi connectivity index (χ3v) is 5.13. The lowest BCUT2D eigenvalue weighted by atomic mass is 9.80. The van der Waals surface area contributed by atoms with Crippen LogP contribution in [0.5, 0.6) is 0 Å². The van der Waals surface area contributed by atoms with Crippen molar-refractivity contribution in [3.05, 3.63) is 11.7 Å². The smallest absolute Gasteiger partial charge is 0.231 e. The van der Waals surface area contributed by atoms with Crippen LogP contribution in [0.1, 0.15) is 81.8 Å². The van der Waals surface area contributed by atoms with Crippen LogP contribution in [-0.2, 0) is 0 Å². The lowest BCUT2D eigenvalue weighted by molar-refractivity contribution is 0.300. The molecule has 19 heavy (non-hydrogen) atoms. The first-order valence-corrected chi connectivity index (χ1v) is 7.87. The van der Waals surface area contributed by atoms with Gasteiger partial charge in [-0.15, -0.1) is 0 Å². The SMILES string of the molecule is CCC1CCC(c2noc(C3CCCC3N)n2)CC1. The standard InChI is InChI=1S/C15H25N3O/c1-2-10-6-8-11(9-7-10)14-17-15(19-18-14)12-4-3-5-13(12)16/h10-13H,2-9,16H2,1H3. The van der Waals surface area contributed by atoms with E-state index in [-0.39, 0.29) is 6.04 Å². The summed E-state index contributed by atoms with van der Waals surface area (Å²) in [5.41, 5.74) is 6.11. The highest BCUT2D eigenvalue weighted by Crippen LogP contribution is 2.37. The zero-order valence-corrected chi connectivity index (χ0v) is 11.8. The minimum absolute atomic E-state index is 0.212. The molecule has 0 spiro atoms. The first-order valence-electron chi connectivity index (χ1n) is 7.87. The molecular weight excluding hydrogens is 238 g/mol. The summed E-state index contributed by atoms with van der Waals surface area (Å²) < 4.78 is 5.48. The van der Waals surface area contributed by atoms with Crippen molar-refractivity contribution >= 4 is 0 Å². The van der Waals surface area contributed by atoms with Crippen molar-refractivity contribution < 1.29 is 4.52 Å². The number of nitrogens with zero attached hydrogens (tertiary/aromatic N) is 2. The Labute approximate surface area is 115 Å². The fraction of sp³-hybridized carbons (Fsp3) is 0.867. The predicted octanol–water partition coefficient (Wildman–Crippen LogP) is 3.35. The van der Waals surface area contributed by atoms with E-state index >= 15 is 0 Å². The molecule has 0 amide bonds. The van der Waals surface area contributed by atoms with Gasteiger partial charge in [-0.05, 0) is 44.4 Å². The van der Waals surface area contributed by atoms with Gasteiger partial charge in [-0.1, -0.05) is 24.9 Å². The zero-order chi connectivity index (χ0) is 13.2. The predicted molar refractivity (Wildman–Crippen MR) is 73.9 cm³/mol. The molecule has 0 radical (unpaired) electrons. The second kappa shape index (κ2) is 5.61. The first kappa shape index (κ1) is 13.1. The normalized spacial score (nSPS) is 35.7. The highest BCUT2D eigenvalue weighted by Gasteiger charge is 2.32. The van der Waals surface area contributed by atoms with Gasteiger partial charge >= 0.3 is 0 Å². The van der Waals surface area contributed by atoms with Crippen LogP contribution in [0.3, 0.4) is 0 Å². The van der Waals surface area contributed by atoms with E-state index in [9.17, 15) is 0 Å². The number of rotatable bonds is 3. The lowest BCUT2D eigenvalue weighted by Gasteiger charge is -2.25. The summed E-state index contributed by atoms with van der Waals surface area (Å²) in [7, 11) is 0. The van der Waals surface area contributed by atoms with Crippen LogP contribution >= 0.6 is 0 Å². The topological polar surface area (TPSA) is 64.9 Å². The van der Waals surface area contributed by atoms with E-state index in [1.807, 2.05) is 0 Å². The van der Waals surface area contributed by atoms with E-state index in [0.717, 1.165) is 30.5 Å². The molecule has 2 unspecified atom stereocenters. The van der Waals surface area contributed by atoms with Crippen molar-refractivity contribution in [1.82, 2.24) is 10.1 Å². The zero-order valence-electron chi connectivity index (χ0n) is 11.8. The van der Waals surface area contributed by atoms with Crippen LogP contribution in [0.25, 0.3) is 0 Å². The molecule has 0 aliphatic heterocycles. The Hall–Kier alpha value is -0.900. The Morgan fingerprint density at radius 2 is 1.95 bits per heavy atom. The van der Waals surface area contributed by atoms with Crippen LogP contribution in [0.15, 0.2) is 4.52 Å². The molecular formula is C15H25N3O. The van der Waals surface area contributed by atoms with Crippen molar-refractivity contribution in [2.75, 3.05) is 0 Å². The molecule has 0 saturated heterocycles. The van der Waals surface area contributed by atoms with Gasteiger partial charge in [-0.2, -0.15) is 4.98 Å². The molecule has 2 fully saturated rings. The first-order chi connectivity index (χ1) is 9.28. The highest BCUT2D eigenvalue weighted by atomic mass is 16.5. The largest absolute Gasteiger partial charge is 0.339 e. The van der Waals surface area contributed by atoms with Gasteiger partial charge in [-0.25, -0.2) is 0 Å². The van der Waals surface area contributed by atoms with Crippen LogP contribution in [0, 0.1) is 5.92 Å². The summed E-state index contributed by atoms with van der Waals surface area (Å²) >= 11 is 0. The van der Waals surface area contributed by atoms with Gasteiger partial charge < -0.3 is 10.3 Å². The van der Waals surface area contributed by atoms with Gasteiger partial charge in [0.25, 0.3) is 0 Å². The molecule has 2 saturated carbocycles. The molecule has 0 bridgehead atoms. The molecule has 2 aliphatic carbocycles. The van der Waals surface area contributed by atoms with Crippen molar-refractivity contribution in [1.29, 1.82) is 0 Å². The molecule has 1 aromatic heterocycles. The Kier molecular flexibility index (Phi) is 3.87. The average Bonchev–Trinajstić information content (AvgIpc) is 3.07. The summed E-state index contributed by atoms with van der Waals surface area (Å²) in [6.07, 6.45) is 9.74. The maximum Gasteiger partial charge on any atom is 0.231 e. The molecule has 0 aromatic carbocycles. The van der Waals surface area contributed by atoms with Gasteiger partial charge in [0.2, 0.25) is 5.89 Å². The van der Waals surface area contributed by atoms with Crippen molar-refractivity contribution in [2.24, 2.45) is 11.7 Å². The summed E-state index contributed by atoms with van der Waals surface area (Å²) in [5, 5.41) is 4.23. The fourth-order valence-corrected chi connectivity index (χ4v) is 3.69. The van der Waals surface area contributed by atoms with Crippen molar-refractivity contribution in [2.45, 2.75) is 76.2 Å². The minimum Gasteiger partial charge on any atom is -0.339 e. The van der Waals surface area contributed by atoms with E-state index < -0.39 is 0 Å². The highest BCUT2D eigenvalue weighted by molar-refractivity contribution is 5.05. The maximum atomic E-state index is 6.11. The third-order valence-electron chi connectivity index (χ3n) is 5.13. The molecule has 1 aromatic rings. The minimum atomic E-state index is 0.212. The van der Waals surface area contributed by atoms with Gasteiger partial charge in [0.15, 0.2) is 5.82 Å². The van der Waals surface area contributed by atoms with Crippen LogP contribution in [-0.4, -0.2) is 16.2 Å². The van der Waals surface area contributed by atoms with Crippen LogP contribution < -0.4 is 5.73 Å². The van der Waals surface area contributed by atoms with E-state index in [0.29, 0.717) is 11.8 Å². The van der Waals surface area contributed by atoms with E-state index in [2.05, 4.69) is 17.1 Å². The van der Waals surface area contributed by atoms with Crippen molar-refractivity contribution in [3.8, 4) is 0 Å². The molecule has 2 N–H and O–H groups in total. The summed E-state index contributed by atoms with van der Waals surface area (Å²) in [6.45, 7) is 2.29. The van der Waals surface area contributed by atoms with Crippen LogP contribution in [0.4, 0.5) is 0 Å². The number of hydrogen-bond donors (Lipinski definition) is 1. The molecule has 4 nitrogen and oxygen atoms in total. The molecule has 106 valence electrons. The van der Waals surface area contributed by atoms with E-state index in [4.69, 9.17) is 10.3 Å². The van der Waals surface area contributed by atoms with Crippen LogP contribution in [0.2, 0.25) is 0 Å². The van der Waals surface area contributed by atoms with Crippen molar-refractivity contribution in [3.63, 3.8) is 0 Å². The summed E-state index contributed by atoms with van der Waals surface area (Å²) in [5.74, 6) is 3.44. The summed E-state index contributed by atoms with van der Waals surface area (Å²) in [4.78, 5) is 4.66. The quantitative estimate of drug-likeness (QED) is 0.908. The van der Waals surface area contributed by atoms with Gasteiger partial charge in [0.1, 0.15) is 0 Å². The Morgan fingerprint density at radius 1 is 1.16 bits per heavy atom. The Bertz CT molecular complexity index is 409. The maximum absolute atomic E-state index is 6.11. The van der Waals surface area contributed by atoms with Gasteiger partial charge in [0.05, 0.1) is 5.92 Å². The molecule has 4 heteroatoms. The Balaban J connectivity index is 1.65. The molecule has 2 aliphatic rings. The molecule has 2 atom stereocenters. The van der Waals surface area contributed by atoms with Gasteiger partial charge in [0, 0.05) is 12.0 Å². The van der Waals surface area contributed by atoms with Gasteiger partial charge in [-0.3, -0.25) is 0 Å². The fourth-order valence-electron chi connectivity index (χ4n) is 3.69. The number of aromatic nitrogens is 2. The monoisotopic (exact) mass is 263 g/mol. The van der Waals surface area contributed by atoms with E-state index in [1.165, 1.54) is 38.5 Å². The third kappa shape index (κ3) is 2.69. The number of nitrogens with two attached hydrogens (primary N) is 1. The van der Waals surface area contributed by atoms with E-state index in [1.54, 1.807) is 0 Å². The second-order valence-corrected chi connectivity index (χ2v) is 6.32. The lowest BCUT2D eigenvalue weighted by Crippen LogP contribution is -2.23. The Morgan fingerprint density at radius 3 is 2.58 bits per heavy atom. The second-order valence-electron chi connectivity index (χ2n) is 6.32. The average molecular weight is 263 g/mol. The molecule has 1 heterocycles. The summed E-state index contributed by atoms with van der Waals surface area (Å²) in [6, 6.07) is 0.212.